The van der Waals surface area contributed by atoms with Crippen molar-refractivity contribution in [3.8, 4) is 0 Å². The van der Waals surface area contributed by atoms with Crippen LogP contribution in [0.1, 0.15) is 66.7 Å². The number of ether oxygens (including phenoxy) is 3. The lowest BCUT2D eigenvalue weighted by molar-refractivity contribution is -0.164. The summed E-state index contributed by atoms with van der Waals surface area (Å²) < 4.78 is 16.5. The van der Waals surface area contributed by atoms with Crippen molar-refractivity contribution in [2.75, 3.05) is 26.4 Å². The lowest BCUT2D eigenvalue weighted by Gasteiger charge is -2.23. The van der Waals surface area contributed by atoms with Crippen LogP contribution in [0.5, 0.6) is 0 Å². The number of rotatable bonds is 12. The largest absolute Gasteiger partial charge is 0.466 e. The highest BCUT2D eigenvalue weighted by Crippen LogP contribution is 2.28. The predicted octanol–water partition coefficient (Wildman–Crippen LogP) is 4.40. The molecule has 0 bridgehead atoms. The van der Waals surface area contributed by atoms with Crippen molar-refractivity contribution in [2.24, 2.45) is 11.8 Å². The minimum Gasteiger partial charge on any atom is -0.466 e. The van der Waals surface area contributed by atoms with Crippen molar-refractivity contribution in [1.29, 1.82) is 0 Å². The van der Waals surface area contributed by atoms with Crippen LogP contribution in [0.3, 0.4) is 0 Å². The maximum atomic E-state index is 11.8. The van der Waals surface area contributed by atoms with Gasteiger partial charge in [0.05, 0.1) is 19.8 Å². The van der Waals surface area contributed by atoms with Crippen LogP contribution in [0.15, 0.2) is 23.3 Å². The van der Waals surface area contributed by atoms with E-state index in [4.69, 9.17) is 14.2 Å². The number of carbonyl (C=O) groups is 1. The van der Waals surface area contributed by atoms with E-state index in [1.54, 1.807) is 6.92 Å². The zero-order chi connectivity index (χ0) is 20.3. The number of carbonyl (C=O) groups excluding carboxylic acids is 1. The quantitative estimate of drug-likeness (QED) is 0.400. The summed E-state index contributed by atoms with van der Waals surface area (Å²) in [5.74, 6) is -0.395. The summed E-state index contributed by atoms with van der Waals surface area (Å²) in [6.45, 7) is 11.9. The molecule has 1 N–H and O–H groups in total. The summed E-state index contributed by atoms with van der Waals surface area (Å²) in [7, 11) is 0. The Morgan fingerprint density at radius 1 is 1.19 bits per heavy atom. The van der Waals surface area contributed by atoms with E-state index in [-0.39, 0.29) is 19.0 Å². The molecule has 156 valence electrons. The molecular formula is C22H38O5. The highest BCUT2D eigenvalue weighted by Gasteiger charge is 2.37. The van der Waals surface area contributed by atoms with E-state index >= 15 is 0 Å². The number of hydrogen-bond acceptors (Lipinski definition) is 5. The fourth-order valence-electron chi connectivity index (χ4n) is 3.26. The summed E-state index contributed by atoms with van der Waals surface area (Å²) in [6, 6.07) is 0. The first kappa shape index (κ1) is 23.9. The van der Waals surface area contributed by atoms with Gasteiger partial charge in [0.15, 0.2) is 5.79 Å². The van der Waals surface area contributed by atoms with Gasteiger partial charge in [0, 0.05) is 6.61 Å². The fourth-order valence-corrected chi connectivity index (χ4v) is 3.26. The van der Waals surface area contributed by atoms with Crippen LogP contribution in [-0.4, -0.2) is 43.3 Å². The van der Waals surface area contributed by atoms with Gasteiger partial charge in [-0.05, 0) is 64.4 Å². The molecule has 1 unspecified atom stereocenters. The first-order valence-electron chi connectivity index (χ1n) is 10.2. The van der Waals surface area contributed by atoms with Crippen LogP contribution in [0.4, 0.5) is 0 Å². The summed E-state index contributed by atoms with van der Waals surface area (Å²) >= 11 is 0. The maximum Gasteiger partial charge on any atom is 0.311 e. The predicted molar refractivity (Wildman–Crippen MR) is 107 cm³/mol. The van der Waals surface area contributed by atoms with Crippen LogP contribution in [0, 0.1) is 11.8 Å². The van der Waals surface area contributed by atoms with Crippen molar-refractivity contribution in [1.82, 2.24) is 0 Å². The Labute approximate surface area is 164 Å². The van der Waals surface area contributed by atoms with Gasteiger partial charge >= 0.3 is 5.97 Å². The molecule has 0 aromatic heterocycles. The molecule has 5 nitrogen and oxygen atoms in total. The third-order valence-corrected chi connectivity index (χ3v) is 5.06. The molecule has 5 heteroatoms. The molecule has 0 aromatic rings. The highest BCUT2D eigenvalue weighted by atomic mass is 16.7. The molecule has 1 aliphatic rings. The molecule has 1 fully saturated rings. The first-order valence-corrected chi connectivity index (χ1v) is 10.2. The molecule has 0 aromatic carbocycles. The van der Waals surface area contributed by atoms with Gasteiger partial charge in [-0.2, -0.15) is 0 Å². The monoisotopic (exact) mass is 382 g/mol. The van der Waals surface area contributed by atoms with Gasteiger partial charge in [-0.25, -0.2) is 0 Å². The number of hydrogen-bond donors (Lipinski definition) is 1. The third-order valence-electron chi connectivity index (χ3n) is 5.06. The minimum absolute atomic E-state index is 0.0881. The van der Waals surface area contributed by atoms with E-state index in [9.17, 15) is 9.90 Å². The topological polar surface area (TPSA) is 65.0 Å². The Kier molecular flexibility index (Phi) is 10.9. The molecule has 1 heterocycles. The normalized spacial score (nSPS) is 18.8. The Bertz CT molecular complexity index is 501. The molecular weight excluding hydrogens is 344 g/mol. The van der Waals surface area contributed by atoms with E-state index in [0.717, 1.165) is 31.3 Å². The van der Waals surface area contributed by atoms with Gasteiger partial charge in [0.2, 0.25) is 0 Å². The van der Waals surface area contributed by atoms with Gasteiger partial charge in [0.1, 0.15) is 6.42 Å². The highest BCUT2D eigenvalue weighted by molar-refractivity contribution is 5.71. The Hall–Kier alpha value is -1.17. The standard InChI is InChI=1S/C22H38O5/c1-6-25-21(24)15-22(26-12-13-27-22)14-19(5)9-7-8-18(4)10-11-20(16-23)17(2)3/h8,14,17,20,23H,6-7,9-13,15-16H2,1-5H3/b18-8+,19-14+. The second kappa shape index (κ2) is 12.3. The average Bonchev–Trinajstić information content (AvgIpc) is 3.02. The average molecular weight is 383 g/mol. The molecule has 0 amide bonds. The number of aliphatic hydroxyl groups is 1. The zero-order valence-corrected chi connectivity index (χ0v) is 17.8. The van der Waals surface area contributed by atoms with Gasteiger partial charge in [-0.3, -0.25) is 4.79 Å². The van der Waals surface area contributed by atoms with E-state index in [2.05, 4.69) is 26.8 Å². The molecule has 1 aliphatic heterocycles. The minimum atomic E-state index is -0.972. The maximum absolute atomic E-state index is 11.8. The number of esters is 1. The lowest BCUT2D eigenvalue weighted by Crippen LogP contribution is -2.32. The fraction of sp³-hybridized carbons (Fsp3) is 0.773. The molecule has 1 saturated heterocycles. The van der Waals surface area contributed by atoms with Gasteiger partial charge in [-0.1, -0.05) is 31.1 Å². The van der Waals surface area contributed by atoms with Crippen LogP contribution in [0.2, 0.25) is 0 Å². The Morgan fingerprint density at radius 2 is 1.85 bits per heavy atom. The molecule has 1 atom stereocenters. The van der Waals surface area contributed by atoms with Gasteiger partial charge in [0.25, 0.3) is 0 Å². The van der Waals surface area contributed by atoms with Crippen LogP contribution in [0.25, 0.3) is 0 Å². The smallest absolute Gasteiger partial charge is 0.311 e. The van der Waals surface area contributed by atoms with Crippen LogP contribution >= 0.6 is 0 Å². The number of aliphatic hydroxyl groups excluding tert-OH is 1. The van der Waals surface area contributed by atoms with E-state index in [0.29, 0.717) is 31.7 Å². The van der Waals surface area contributed by atoms with E-state index in [1.165, 1.54) is 5.57 Å². The SMILES string of the molecule is CCOC(=O)CC1(/C=C(\C)CC/C=C(\C)CCC(CO)C(C)C)OCCO1. The molecule has 0 saturated carbocycles. The summed E-state index contributed by atoms with van der Waals surface area (Å²) in [4.78, 5) is 11.8. The molecule has 1 rings (SSSR count). The van der Waals surface area contributed by atoms with Crippen LogP contribution < -0.4 is 0 Å². The Morgan fingerprint density at radius 3 is 2.41 bits per heavy atom. The van der Waals surface area contributed by atoms with Crippen molar-refractivity contribution < 1.29 is 24.1 Å². The second-order valence-corrected chi connectivity index (χ2v) is 7.80. The number of allylic oxidation sites excluding steroid dienone is 3. The first-order chi connectivity index (χ1) is 12.8. The van der Waals surface area contributed by atoms with Crippen LogP contribution in [-0.2, 0) is 19.0 Å². The summed E-state index contributed by atoms with van der Waals surface area (Å²) in [6.07, 6.45) is 8.16. The summed E-state index contributed by atoms with van der Waals surface area (Å²) in [5.41, 5.74) is 2.50. The molecule has 0 radical (unpaired) electrons. The lowest BCUT2D eigenvalue weighted by atomic mass is 9.90. The molecule has 0 aliphatic carbocycles. The second-order valence-electron chi connectivity index (χ2n) is 7.80. The summed E-state index contributed by atoms with van der Waals surface area (Å²) in [5, 5.41) is 9.43. The third kappa shape index (κ3) is 9.04. The zero-order valence-electron chi connectivity index (χ0n) is 17.8. The van der Waals surface area contributed by atoms with E-state index < -0.39 is 5.79 Å². The van der Waals surface area contributed by atoms with E-state index in [1.807, 2.05) is 13.0 Å². The van der Waals surface area contributed by atoms with Gasteiger partial charge < -0.3 is 19.3 Å². The van der Waals surface area contributed by atoms with Crippen molar-refractivity contribution in [3.05, 3.63) is 23.3 Å². The van der Waals surface area contributed by atoms with Crippen molar-refractivity contribution in [2.45, 2.75) is 72.5 Å². The van der Waals surface area contributed by atoms with Gasteiger partial charge in [-0.15, -0.1) is 0 Å². The van der Waals surface area contributed by atoms with Crippen molar-refractivity contribution >= 4 is 5.97 Å². The molecule has 0 spiro atoms. The molecule has 27 heavy (non-hydrogen) atoms. The van der Waals surface area contributed by atoms with Crippen molar-refractivity contribution in [3.63, 3.8) is 0 Å². The Balaban J connectivity index is 2.53.